The number of fused-ring (bicyclic) bond motifs is 1. The first-order valence-corrected chi connectivity index (χ1v) is 13.6. The fourth-order valence-corrected chi connectivity index (χ4v) is 5.23. The van der Waals surface area contributed by atoms with E-state index in [4.69, 9.17) is 27.9 Å². The summed E-state index contributed by atoms with van der Waals surface area (Å²) in [5.74, 6) is -2.36. The number of aromatic nitrogens is 1. The van der Waals surface area contributed by atoms with E-state index >= 15 is 0 Å². The van der Waals surface area contributed by atoms with Crippen molar-refractivity contribution >= 4 is 55.8 Å². The molecule has 12 heteroatoms. The van der Waals surface area contributed by atoms with E-state index < -0.39 is 45.7 Å². The van der Waals surface area contributed by atoms with Gasteiger partial charge in [-0.25, -0.2) is 8.42 Å². The summed E-state index contributed by atoms with van der Waals surface area (Å²) in [6.07, 6.45) is 0. The number of carbonyl (C=O) groups excluding carboxylic acids is 2. The molecule has 37 heavy (non-hydrogen) atoms. The van der Waals surface area contributed by atoms with Crippen molar-refractivity contribution in [3.05, 3.63) is 63.3 Å². The number of esters is 1. The Labute approximate surface area is 224 Å². The van der Waals surface area contributed by atoms with Crippen LogP contribution in [-0.2, 0) is 26.4 Å². The van der Waals surface area contributed by atoms with Crippen LogP contribution in [0.2, 0.25) is 10.0 Å². The van der Waals surface area contributed by atoms with Gasteiger partial charge >= 0.3 is 5.97 Å². The van der Waals surface area contributed by atoms with Crippen molar-refractivity contribution in [3.8, 4) is 0 Å². The third-order valence-corrected chi connectivity index (χ3v) is 8.25. The first-order valence-electron chi connectivity index (χ1n) is 11.2. The first kappa shape index (κ1) is 28.9. The van der Waals surface area contributed by atoms with Gasteiger partial charge in [0, 0.05) is 12.4 Å². The standard InChI is InChI=1S/C25H28Cl2N2O7S/c1-14-9-19-17(23(27)22(14)26)10-20(29(19)4)24(32)28-18(11-30)15-5-7-16(8-6-15)37(34,35)12-21(31)36-13-25(2,3)33/h5-10,18,30,33H,11-13H2,1-4H3,(H,28,32)/t18-/m1/s1. The zero-order valence-corrected chi connectivity index (χ0v) is 23.0. The van der Waals surface area contributed by atoms with Crippen LogP contribution in [0.3, 0.4) is 0 Å². The average molecular weight is 571 g/mol. The topological polar surface area (TPSA) is 135 Å². The predicted octanol–water partition coefficient (Wildman–Crippen LogP) is 3.34. The Kier molecular flexibility index (Phi) is 8.60. The van der Waals surface area contributed by atoms with Gasteiger partial charge < -0.3 is 24.8 Å². The minimum absolute atomic E-state index is 0.130. The third-order valence-electron chi connectivity index (χ3n) is 5.66. The molecule has 3 rings (SSSR count). The summed E-state index contributed by atoms with van der Waals surface area (Å²) in [5, 5.41) is 23.6. The smallest absolute Gasteiger partial charge is 0.321 e. The summed E-state index contributed by atoms with van der Waals surface area (Å²) in [6.45, 7) is 3.88. The number of aliphatic hydroxyl groups is 2. The molecule has 0 aliphatic heterocycles. The molecule has 2 aromatic carbocycles. The number of nitrogens with zero attached hydrogens (tertiary/aromatic N) is 1. The van der Waals surface area contributed by atoms with Gasteiger partial charge in [-0.05, 0) is 56.2 Å². The lowest BCUT2D eigenvalue weighted by Gasteiger charge is -2.18. The van der Waals surface area contributed by atoms with E-state index in [1.807, 2.05) is 13.0 Å². The van der Waals surface area contributed by atoms with Crippen LogP contribution in [0, 0.1) is 6.92 Å². The van der Waals surface area contributed by atoms with E-state index in [1.165, 1.54) is 38.1 Å². The minimum atomic E-state index is -4.01. The van der Waals surface area contributed by atoms with Gasteiger partial charge in [0.2, 0.25) is 0 Å². The van der Waals surface area contributed by atoms with Gasteiger partial charge in [-0.15, -0.1) is 0 Å². The van der Waals surface area contributed by atoms with Crippen molar-refractivity contribution < 1.29 is 33.0 Å². The van der Waals surface area contributed by atoms with Crippen molar-refractivity contribution in [2.45, 2.75) is 37.3 Å². The molecule has 0 saturated carbocycles. The van der Waals surface area contributed by atoms with Crippen LogP contribution in [-0.4, -0.2) is 59.6 Å². The van der Waals surface area contributed by atoms with Crippen molar-refractivity contribution in [3.63, 3.8) is 0 Å². The first-order chi connectivity index (χ1) is 17.1. The van der Waals surface area contributed by atoms with E-state index in [2.05, 4.69) is 5.32 Å². The van der Waals surface area contributed by atoms with E-state index in [1.54, 1.807) is 17.7 Å². The normalized spacial score (nSPS) is 13.0. The molecule has 0 unspecified atom stereocenters. The lowest BCUT2D eigenvalue weighted by atomic mass is 10.1. The van der Waals surface area contributed by atoms with Gasteiger partial charge in [0.15, 0.2) is 15.6 Å². The number of hydrogen-bond acceptors (Lipinski definition) is 7. The molecular weight excluding hydrogens is 543 g/mol. The Bertz CT molecular complexity index is 1440. The molecule has 3 aromatic rings. The quantitative estimate of drug-likeness (QED) is 0.336. The zero-order chi connectivity index (χ0) is 27.7. The van der Waals surface area contributed by atoms with Crippen molar-refractivity contribution in [2.24, 2.45) is 7.05 Å². The molecule has 1 aromatic heterocycles. The van der Waals surface area contributed by atoms with Crippen molar-refractivity contribution in [2.75, 3.05) is 19.0 Å². The summed E-state index contributed by atoms with van der Waals surface area (Å²) < 4.78 is 31.6. The van der Waals surface area contributed by atoms with Crippen LogP contribution >= 0.6 is 23.2 Å². The number of nitrogens with one attached hydrogen (secondary N) is 1. The summed E-state index contributed by atoms with van der Waals surface area (Å²) in [4.78, 5) is 24.8. The molecule has 0 bridgehead atoms. The van der Waals surface area contributed by atoms with Crippen molar-refractivity contribution in [1.29, 1.82) is 0 Å². The highest BCUT2D eigenvalue weighted by Crippen LogP contribution is 2.35. The molecule has 1 amide bonds. The number of carbonyl (C=O) groups is 2. The Hall–Kier alpha value is -2.63. The Morgan fingerprint density at radius 2 is 1.76 bits per heavy atom. The lowest BCUT2D eigenvalue weighted by molar-refractivity contribution is -0.146. The van der Waals surface area contributed by atoms with Crippen molar-refractivity contribution in [1.82, 2.24) is 9.88 Å². The Morgan fingerprint density at radius 3 is 2.32 bits per heavy atom. The summed E-state index contributed by atoms with van der Waals surface area (Å²) in [7, 11) is -2.30. The molecule has 1 atom stereocenters. The minimum Gasteiger partial charge on any atom is -0.462 e. The van der Waals surface area contributed by atoms with E-state index in [0.29, 0.717) is 32.2 Å². The summed E-state index contributed by atoms with van der Waals surface area (Å²) in [5.41, 5.74) is 0.945. The maximum atomic E-state index is 13.1. The molecule has 1 heterocycles. The Balaban J connectivity index is 1.76. The van der Waals surface area contributed by atoms with Crippen LogP contribution < -0.4 is 5.32 Å². The van der Waals surface area contributed by atoms with Gasteiger partial charge in [-0.1, -0.05) is 35.3 Å². The second-order valence-corrected chi connectivity index (χ2v) is 12.1. The number of benzene rings is 2. The number of aryl methyl sites for hydroxylation is 2. The molecule has 0 saturated heterocycles. The SMILES string of the molecule is Cc1cc2c(cc(C(=O)N[C@H](CO)c3ccc(S(=O)(=O)CC(=O)OCC(C)(C)O)cc3)n2C)c(Cl)c1Cl. The maximum absolute atomic E-state index is 13.1. The highest BCUT2D eigenvalue weighted by molar-refractivity contribution is 7.92. The maximum Gasteiger partial charge on any atom is 0.321 e. The average Bonchev–Trinajstić information content (AvgIpc) is 3.15. The highest BCUT2D eigenvalue weighted by atomic mass is 35.5. The van der Waals surface area contributed by atoms with Crippen LogP contribution in [0.1, 0.15) is 41.5 Å². The number of sulfone groups is 1. The molecule has 3 N–H and O–H groups in total. The van der Waals surface area contributed by atoms with Gasteiger partial charge in [-0.3, -0.25) is 9.59 Å². The molecule has 0 radical (unpaired) electrons. The van der Waals surface area contributed by atoms with Gasteiger partial charge in [0.25, 0.3) is 5.91 Å². The van der Waals surface area contributed by atoms with Gasteiger partial charge in [0.05, 0.1) is 38.7 Å². The van der Waals surface area contributed by atoms with E-state index in [-0.39, 0.29) is 11.5 Å². The van der Waals surface area contributed by atoms with Crippen LogP contribution in [0.4, 0.5) is 0 Å². The number of amides is 1. The van der Waals surface area contributed by atoms with Crippen LogP contribution in [0.5, 0.6) is 0 Å². The number of ether oxygens (including phenoxy) is 1. The largest absolute Gasteiger partial charge is 0.462 e. The van der Waals surface area contributed by atoms with Crippen LogP contribution in [0.15, 0.2) is 41.3 Å². The van der Waals surface area contributed by atoms with Gasteiger partial charge in [0.1, 0.15) is 12.3 Å². The van der Waals surface area contributed by atoms with Gasteiger partial charge in [-0.2, -0.15) is 0 Å². The van der Waals surface area contributed by atoms with Crippen LogP contribution in [0.25, 0.3) is 10.9 Å². The second-order valence-electron chi connectivity index (χ2n) is 9.35. The number of aliphatic hydroxyl groups excluding tert-OH is 1. The number of hydrogen-bond donors (Lipinski definition) is 3. The Morgan fingerprint density at radius 1 is 1.14 bits per heavy atom. The zero-order valence-electron chi connectivity index (χ0n) is 20.7. The summed E-state index contributed by atoms with van der Waals surface area (Å²) in [6, 6.07) is 8.05. The molecule has 0 aliphatic carbocycles. The molecule has 200 valence electrons. The van der Waals surface area contributed by atoms with E-state index in [0.717, 1.165) is 5.56 Å². The monoisotopic (exact) mass is 570 g/mol. The number of rotatable bonds is 9. The fourth-order valence-electron chi connectivity index (χ4n) is 3.66. The van der Waals surface area contributed by atoms with E-state index in [9.17, 15) is 28.2 Å². The highest BCUT2D eigenvalue weighted by Gasteiger charge is 2.24. The molecule has 0 fully saturated rings. The molecule has 9 nitrogen and oxygen atoms in total. The second kappa shape index (κ2) is 11.0. The fraction of sp³-hybridized carbons (Fsp3) is 0.360. The molecular formula is C25H28Cl2N2O7S. The third kappa shape index (κ3) is 6.63. The summed E-state index contributed by atoms with van der Waals surface area (Å²) >= 11 is 12.6. The lowest BCUT2D eigenvalue weighted by Crippen LogP contribution is -2.32. The predicted molar refractivity (Wildman–Crippen MR) is 141 cm³/mol. The molecule has 0 aliphatic rings. The number of halogens is 2. The molecule has 0 spiro atoms.